The molecule has 0 aliphatic heterocycles. The van der Waals surface area contributed by atoms with Crippen LogP contribution in [0.15, 0.2) is 71.8 Å². The van der Waals surface area contributed by atoms with E-state index in [9.17, 15) is 18.2 Å². The SMILES string of the molecule is C=S(=O)(NC)c1ccc(CNC(=O)c2cc(C(=O)NCCO)cc3c2cnn3-c2ccc(F)cc2)cc1. The number of carbonyl (C=O) groups excluding carboxylic acids is 2. The lowest BCUT2D eigenvalue weighted by Gasteiger charge is -2.12. The van der Waals surface area contributed by atoms with Crippen LogP contribution in [0, 0.1) is 5.82 Å². The molecule has 0 bridgehead atoms. The summed E-state index contributed by atoms with van der Waals surface area (Å²) in [6.07, 6.45) is 1.51. The number of carbonyl (C=O) groups is 2. The third-order valence-corrected chi connectivity index (χ3v) is 7.44. The molecule has 1 atom stereocenters. The first-order valence-electron chi connectivity index (χ1n) is 11.3. The second-order valence-electron chi connectivity index (χ2n) is 8.17. The van der Waals surface area contributed by atoms with Crippen LogP contribution in [0.25, 0.3) is 16.6 Å². The summed E-state index contributed by atoms with van der Waals surface area (Å²) in [6.45, 7) is 0.00926. The number of hydrogen-bond donors (Lipinski definition) is 4. The highest BCUT2D eigenvalue weighted by atomic mass is 32.2. The zero-order valence-electron chi connectivity index (χ0n) is 20.0. The zero-order valence-corrected chi connectivity index (χ0v) is 20.8. The fourth-order valence-corrected chi connectivity index (χ4v) is 4.54. The van der Waals surface area contributed by atoms with Crippen molar-refractivity contribution >= 4 is 38.3 Å². The lowest BCUT2D eigenvalue weighted by molar-refractivity contribution is 0.0945. The second-order valence-corrected chi connectivity index (χ2v) is 10.4. The molecule has 1 heterocycles. The van der Waals surface area contributed by atoms with E-state index in [1.54, 1.807) is 49.5 Å². The Hall–Kier alpha value is -4.06. The molecule has 4 aromatic rings. The normalized spacial score (nSPS) is 12.7. The third-order valence-electron chi connectivity index (χ3n) is 5.75. The van der Waals surface area contributed by atoms with Gasteiger partial charge in [-0.15, -0.1) is 0 Å². The van der Waals surface area contributed by atoms with Crippen LogP contribution in [0.1, 0.15) is 26.3 Å². The van der Waals surface area contributed by atoms with Crippen molar-refractivity contribution in [2.45, 2.75) is 11.4 Å². The first-order chi connectivity index (χ1) is 17.7. The average Bonchev–Trinajstić information content (AvgIpc) is 3.34. The van der Waals surface area contributed by atoms with Gasteiger partial charge in [-0.3, -0.25) is 9.59 Å². The van der Waals surface area contributed by atoms with Crippen LogP contribution in [0.2, 0.25) is 0 Å². The van der Waals surface area contributed by atoms with Gasteiger partial charge in [0.05, 0.1) is 39.3 Å². The molecule has 11 heteroatoms. The van der Waals surface area contributed by atoms with Gasteiger partial charge in [-0.2, -0.15) is 5.10 Å². The van der Waals surface area contributed by atoms with Crippen LogP contribution >= 0.6 is 0 Å². The maximum Gasteiger partial charge on any atom is 0.252 e. The molecule has 0 saturated heterocycles. The lowest BCUT2D eigenvalue weighted by Crippen LogP contribution is -2.27. The van der Waals surface area contributed by atoms with Crippen molar-refractivity contribution in [2.24, 2.45) is 0 Å². The lowest BCUT2D eigenvalue weighted by atomic mass is 10.0. The van der Waals surface area contributed by atoms with Gasteiger partial charge >= 0.3 is 0 Å². The Morgan fingerprint density at radius 3 is 2.41 bits per heavy atom. The van der Waals surface area contributed by atoms with E-state index in [1.807, 2.05) is 0 Å². The highest BCUT2D eigenvalue weighted by Crippen LogP contribution is 2.25. The number of aliphatic hydroxyl groups is 1. The predicted molar refractivity (Wildman–Crippen MR) is 141 cm³/mol. The quantitative estimate of drug-likeness (QED) is 0.250. The molecule has 4 N–H and O–H groups in total. The van der Waals surface area contributed by atoms with Crippen LogP contribution in [-0.2, 0) is 16.3 Å². The van der Waals surface area contributed by atoms with Gasteiger partial charge in [-0.1, -0.05) is 12.1 Å². The van der Waals surface area contributed by atoms with Crippen molar-refractivity contribution in [3.8, 4) is 5.69 Å². The Morgan fingerprint density at radius 2 is 1.76 bits per heavy atom. The summed E-state index contributed by atoms with van der Waals surface area (Å²) in [5.74, 6) is 2.38. The molecule has 2 amide bonds. The van der Waals surface area contributed by atoms with Gasteiger partial charge in [0.15, 0.2) is 0 Å². The summed E-state index contributed by atoms with van der Waals surface area (Å²) in [5.41, 5.74) is 2.25. The van der Waals surface area contributed by atoms with E-state index in [4.69, 9.17) is 5.11 Å². The van der Waals surface area contributed by atoms with E-state index in [1.165, 1.54) is 29.1 Å². The third kappa shape index (κ3) is 5.69. The number of aromatic nitrogens is 2. The molecule has 4 rings (SSSR count). The minimum atomic E-state index is -2.58. The predicted octanol–water partition coefficient (Wildman–Crippen LogP) is 2.03. The fourth-order valence-electron chi connectivity index (χ4n) is 3.73. The van der Waals surface area contributed by atoms with E-state index in [-0.39, 0.29) is 30.8 Å². The van der Waals surface area contributed by atoms with Crippen molar-refractivity contribution in [1.29, 1.82) is 0 Å². The largest absolute Gasteiger partial charge is 0.395 e. The summed E-state index contributed by atoms with van der Waals surface area (Å²) >= 11 is 0. The first-order valence-corrected chi connectivity index (χ1v) is 13.1. The van der Waals surface area contributed by atoms with Crippen molar-refractivity contribution in [2.75, 3.05) is 20.2 Å². The molecule has 192 valence electrons. The Balaban J connectivity index is 1.66. The van der Waals surface area contributed by atoms with E-state index in [0.717, 1.165) is 5.56 Å². The van der Waals surface area contributed by atoms with Crippen LogP contribution in [0.5, 0.6) is 0 Å². The molecule has 1 unspecified atom stereocenters. The van der Waals surface area contributed by atoms with Crippen LogP contribution in [0.4, 0.5) is 4.39 Å². The van der Waals surface area contributed by atoms with Crippen LogP contribution < -0.4 is 15.4 Å². The summed E-state index contributed by atoms with van der Waals surface area (Å²) in [6, 6.07) is 15.6. The number of nitrogens with one attached hydrogen (secondary N) is 3. The molecule has 1 aromatic heterocycles. The Bertz CT molecular complexity index is 1550. The zero-order chi connectivity index (χ0) is 26.6. The molecule has 0 saturated carbocycles. The summed E-state index contributed by atoms with van der Waals surface area (Å²) < 4.78 is 30.0. The molecule has 0 spiro atoms. The number of nitrogens with zero attached hydrogens (tertiary/aromatic N) is 2. The number of aliphatic hydroxyl groups excluding tert-OH is 1. The fraction of sp³-hybridized carbons (Fsp3) is 0.154. The molecule has 0 aliphatic carbocycles. The van der Waals surface area contributed by atoms with Crippen molar-refractivity contribution in [3.05, 3.63) is 89.4 Å². The Labute approximate surface area is 213 Å². The van der Waals surface area contributed by atoms with Gasteiger partial charge in [-0.25, -0.2) is 18.0 Å². The van der Waals surface area contributed by atoms with E-state index >= 15 is 0 Å². The molecule has 0 radical (unpaired) electrons. The van der Waals surface area contributed by atoms with Gasteiger partial charge in [0.25, 0.3) is 11.8 Å². The maximum absolute atomic E-state index is 13.4. The molecule has 0 fully saturated rings. The van der Waals surface area contributed by atoms with Crippen LogP contribution in [-0.4, -0.2) is 57.0 Å². The molecule has 0 aliphatic rings. The van der Waals surface area contributed by atoms with Crippen LogP contribution in [0.3, 0.4) is 0 Å². The van der Waals surface area contributed by atoms with Crippen molar-refractivity contribution in [1.82, 2.24) is 25.1 Å². The minimum Gasteiger partial charge on any atom is -0.395 e. The smallest absolute Gasteiger partial charge is 0.252 e. The van der Waals surface area contributed by atoms with Crippen molar-refractivity contribution in [3.63, 3.8) is 0 Å². The number of fused-ring (bicyclic) bond motifs is 1. The standard InChI is InChI=1S/C26H26FN5O4S/c1-28-37(2,36)21-9-3-17(4-10-21)15-30-26(35)22-13-18(25(34)29-11-12-33)14-24-23(22)16-31-32(24)20-7-5-19(27)6-8-20/h3-10,13-14,16,33H,2,11-12,15H2,1H3,(H,28,36)(H,29,34)(H,30,35). The van der Waals surface area contributed by atoms with Gasteiger partial charge in [0.2, 0.25) is 0 Å². The Morgan fingerprint density at radius 1 is 1.05 bits per heavy atom. The number of amides is 2. The first kappa shape index (κ1) is 26.0. The number of hydrogen-bond acceptors (Lipinski definition) is 5. The minimum absolute atomic E-state index is 0.0544. The second kappa shape index (κ2) is 10.9. The topological polar surface area (TPSA) is 125 Å². The van der Waals surface area contributed by atoms with E-state index in [2.05, 4.69) is 26.3 Å². The van der Waals surface area contributed by atoms with E-state index < -0.39 is 27.3 Å². The summed E-state index contributed by atoms with van der Waals surface area (Å²) in [4.78, 5) is 26.5. The molecule has 37 heavy (non-hydrogen) atoms. The van der Waals surface area contributed by atoms with Gasteiger partial charge in [0.1, 0.15) is 5.82 Å². The molecule has 3 aromatic carbocycles. The summed E-state index contributed by atoms with van der Waals surface area (Å²) in [7, 11) is -1.01. The highest BCUT2D eigenvalue weighted by Gasteiger charge is 2.19. The monoisotopic (exact) mass is 523 g/mol. The van der Waals surface area contributed by atoms with E-state index in [0.29, 0.717) is 21.5 Å². The molecule has 9 nitrogen and oxygen atoms in total. The Kier molecular flexibility index (Phi) is 7.67. The average molecular weight is 524 g/mol. The number of benzene rings is 3. The van der Waals surface area contributed by atoms with Gasteiger partial charge < -0.3 is 15.7 Å². The molecular weight excluding hydrogens is 497 g/mol. The maximum atomic E-state index is 13.4. The summed E-state index contributed by atoms with van der Waals surface area (Å²) in [5, 5.41) is 19.4. The van der Waals surface area contributed by atoms with Gasteiger partial charge in [0, 0.05) is 28.9 Å². The highest BCUT2D eigenvalue weighted by molar-refractivity contribution is 7.98. The van der Waals surface area contributed by atoms with Crippen molar-refractivity contribution < 1.29 is 23.3 Å². The number of rotatable bonds is 9. The number of halogens is 1. The molecular formula is C26H26FN5O4S. The van der Waals surface area contributed by atoms with Gasteiger partial charge in [-0.05, 0) is 67.0 Å².